The summed E-state index contributed by atoms with van der Waals surface area (Å²) in [5.41, 5.74) is 8.63. The van der Waals surface area contributed by atoms with Gasteiger partial charge in [-0.1, -0.05) is 85.7 Å². The molecule has 2 N–H and O–H groups in total. The van der Waals surface area contributed by atoms with Crippen molar-refractivity contribution < 1.29 is 10.2 Å². The predicted molar refractivity (Wildman–Crippen MR) is 180 cm³/mol. The molecule has 0 aromatic heterocycles. The van der Waals surface area contributed by atoms with E-state index in [0.717, 1.165) is 67.4 Å². The Morgan fingerprint density at radius 1 is 0.690 bits per heavy atom. The van der Waals surface area contributed by atoms with Crippen LogP contribution in [0.15, 0.2) is 79.4 Å². The Morgan fingerprint density at radius 2 is 1.21 bits per heavy atom. The molecule has 228 valence electrons. The lowest BCUT2D eigenvalue weighted by atomic mass is 9.68. The van der Waals surface area contributed by atoms with Crippen LogP contribution >= 0.6 is 0 Å². The molecule has 2 fully saturated rings. The van der Waals surface area contributed by atoms with Gasteiger partial charge in [0.2, 0.25) is 0 Å². The Hall–Kier alpha value is -2.42. The van der Waals surface area contributed by atoms with Gasteiger partial charge in [-0.15, -0.1) is 6.58 Å². The zero-order valence-electron chi connectivity index (χ0n) is 26.2. The molecule has 2 aromatic rings. The number of aryl methyl sites for hydroxylation is 2. The zero-order chi connectivity index (χ0) is 29.7. The van der Waals surface area contributed by atoms with Crippen molar-refractivity contribution in [3.8, 4) is 11.1 Å². The predicted octanol–water partition coefficient (Wildman–Crippen LogP) is 10.1. The van der Waals surface area contributed by atoms with Crippen LogP contribution in [-0.4, -0.2) is 23.4 Å². The van der Waals surface area contributed by atoms with E-state index < -0.39 is 0 Å². The molecule has 0 bridgehead atoms. The molecule has 42 heavy (non-hydrogen) atoms. The highest BCUT2D eigenvalue weighted by Crippen LogP contribution is 2.44. The first-order valence-corrected chi connectivity index (χ1v) is 16.9. The van der Waals surface area contributed by atoms with Crippen molar-refractivity contribution in [2.45, 2.75) is 109 Å². The van der Waals surface area contributed by atoms with Crippen LogP contribution in [0, 0.1) is 17.8 Å². The topological polar surface area (TPSA) is 40.5 Å². The molecular weight excluding hydrogens is 512 g/mol. The molecule has 2 aliphatic rings. The quantitative estimate of drug-likeness (QED) is 0.198. The molecular formula is C40H56O2. The van der Waals surface area contributed by atoms with E-state index in [1.165, 1.54) is 92.0 Å². The van der Waals surface area contributed by atoms with Crippen LogP contribution in [0.4, 0.5) is 0 Å². The van der Waals surface area contributed by atoms with E-state index in [9.17, 15) is 10.2 Å². The van der Waals surface area contributed by atoms with Gasteiger partial charge < -0.3 is 10.2 Å². The Balaban J connectivity index is 1.35. The van der Waals surface area contributed by atoms with Crippen LogP contribution in [0.25, 0.3) is 11.1 Å². The lowest BCUT2D eigenvalue weighted by Gasteiger charge is -2.38. The first-order chi connectivity index (χ1) is 20.5. The van der Waals surface area contributed by atoms with Crippen molar-refractivity contribution >= 4 is 0 Å². The summed E-state index contributed by atoms with van der Waals surface area (Å²) >= 11 is 0. The van der Waals surface area contributed by atoms with Gasteiger partial charge >= 0.3 is 0 Å². The van der Waals surface area contributed by atoms with Crippen LogP contribution in [0.3, 0.4) is 0 Å². The summed E-state index contributed by atoms with van der Waals surface area (Å²) in [5.74, 6) is 3.58. The maximum absolute atomic E-state index is 9.33. The Bertz CT molecular complexity index is 1090. The molecule has 0 radical (unpaired) electrons. The molecule has 2 aromatic carbocycles. The van der Waals surface area contributed by atoms with Gasteiger partial charge in [-0.3, -0.25) is 0 Å². The van der Waals surface area contributed by atoms with Crippen LogP contribution in [-0.2, 0) is 12.8 Å². The molecule has 0 heterocycles. The fraction of sp³-hybridized carbons (Fsp3) is 0.550. The van der Waals surface area contributed by atoms with Crippen molar-refractivity contribution in [2.75, 3.05) is 13.2 Å². The van der Waals surface area contributed by atoms with Gasteiger partial charge in [-0.2, -0.15) is 0 Å². The molecule has 0 aliphatic heterocycles. The minimum absolute atomic E-state index is 0.0749. The molecule has 4 rings (SSSR count). The monoisotopic (exact) mass is 568 g/mol. The summed E-state index contributed by atoms with van der Waals surface area (Å²) in [6.45, 7) is 12.0. The fourth-order valence-corrected chi connectivity index (χ4v) is 7.63. The number of aliphatic hydroxyl groups is 2. The highest BCUT2D eigenvalue weighted by Gasteiger charge is 2.31. The first kappa shape index (κ1) is 32.5. The van der Waals surface area contributed by atoms with Crippen molar-refractivity contribution in [3.05, 3.63) is 96.1 Å². The fourth-order valence-electron chi connectivity index (χ4n) is 7.63. The molecule has 0 saturated heterocycles. The minimum Gasteiger partial charge on any atom is -0.392 e. The average molecular weight is 569 g/mol. The average Bonchev–Trinajstić information content (AvgIpc) is 3.04. The molecule has 2 aliphatic carbocycles. The number of aliphatic hydroxyl groups excluding tert-OH is 2. The second-order valence-corrected chi connectivity index (χ2v) is 13.4. The third-order valence-corrected chi connectivity index (χ3v) is 10.3. The van der Waals surface area contributed by atoms with Crippen LogP contribution in [0.1, 0.15) is 112 Å². The summed E-state index contributed by atoms with van der Waals surface area (Å²) in [4.78, 5) is 0. The van der Waals surface area contributed by atoms with Crippen molar-refractivity contribution in [1.29, 1.82) is 0 Å². The van der Waals surface area contributed by atoms with E-state index in [-0.39, 0.29) is 13.2 Å². The minimum atomic E-state index is 0.0749. The third-order valence-electron chi connectivity index (χ3n) is 10.3. The van der Waals surface area contributed by atoms with Gasteiger partial charge in [0.1, 0.15) is 0 Å². The molecule has 2 nitrogen and oxygen atoms in total. The second kappa shape index (κ2) is 17.0. The standard InChI is InChI=1S/C40H56O2/c1-4-5-10-32-13-15-35(16-14-32)36-17-19-37(20-18-36)38-21-23-39(24-22-38)40-26-33(11-6-8-30(2)28-41)25-34(27-40)12-7-9-31(3)29-42/h4,21-27,32,35-37,41-42H,1-3,5-20,28-29H2. The number of allylic oxidation sites excluding steroid dienone is 1. The number of hydrogen-bond donors (Lipinski definition) is 2. The Labute approximate surface area is 256 Å². The normalized spacial score (nSPS) is 22.5. The Kier molecular flexibility index (Phi) is 13.2. The van der Waals surface area contributed by atoms with E-state index in [2.05, 4.69) is 68.3 Å². The molecule has 0 unspecified atom stereocenters. The molecule has 2 saturated carbocycles. The number of benzene rings is 2. The summed E-state index contributed by atoms with van der Waals surface area (Å²) < 4.78 is 0. The van der Waals surface area contributed by atoms with Crippen molar-refractivity contribution in [3.63, 3.8) is 0 Å². The van der Waals surface area contributed by atoms with E-state index in [1.54, 1.807) is 0 Å². The van der Waals surface area contributed by atoms with Crippen molar-refractivity contribution in [2.24, 2.45) is 17.8 Å². The third kappa shape index (κ3) is 9.81. The highest BCUT2D eigenvalue weighted by atomic mass is 16.3. The van der Waals surface area contributed by atoms with Gasteiger partial charge in [0.25, 0.3) is 0 Å². The molecule has 0 amide bonds. The van der Waals surface area contributed by atoms with Gasteiger partial charge in [0.15, 0.2) is 0 Å². The number of rotatable bonds is 16. The smallest absolute Gasteiger partial charge is 0.0639 e. The van der Waals surface area contributed by atoms with E-state index in [0.29, 0.717) is 5.92 Å². The van der Waals surface area contributed by atoms with Gasteiger partial charge in [-0.05, 0) is 141 Å². The van der Waals surface area contributed by atoms with Gasteiger partial charge in [-0.25, -0.2) is 0 Å². The maximum Gasteiger partial charge on any atom is 0.0639 e. The summed E-state index contributed by atoms with van der Waals surface area (Å²) in [7, 11) is 0. The zero-order valence-corrected chi connectivity index (χ0v) is 26.2. The van der Waals surface area contributed by atoms with Crippen LogP contribution in [0.5, 0.6) is 0 Å². The number of hydrogen-bond acceptors (Lipinski definition) is 2. The van der Waals surface area contributed by atoms with Crippen LogP contribution < -0.4 is 0 Å². The maximum atomic E-state index is 9.33. The van der Waals surface area contributed by atoms with Crippen molar-refractivity contribution in [1.82, 2.24) is 0 Å². The lowest BCUT2D eigenvalue weighted by molar-refractivity contribution is 0.157. The van der Waals surface area contributed by atoms with E-state index in [1.807, 2.05) is 0 Å². The summed E-state index contributed by atoms with van der Waals surface area (Å²) in [6, 6.07) is 16.5. The van der Waals surface area contributed by atoms with Gasteiger partial charge in [0, 0.05) is 0 Å². The molecule has 0 spiro atoms. The van der Waals surface area contributed by atoms with Crippen LogP contribution in [0.2, 0.25) is 0 Å². The Morgan fingerprint density at radius 3 is 1.71 bits per heavy atom. The highest BCUT2D eigenvalue weighted by molar-refractivity contribution is 5.65. The molecule has 0 atom stereocenters. The first-order valence-electron chi connectivity index (χ1n) is 16.9. The largest absolute Gasteiger partial charge is 0.392 e. The van der Waals surface area contributed by atoms with E-state index in [4.69, 9.17) is 0 Å². The van der Waals surface area contributed by atoms with Gasteiger partial charge in [0.05, 0.1) is 13.2 Å². The molecule has 2 heteroatoms. The lowest BCUT2D eigenvalue weighted by Crippen LogP contribution is -2.25. The summed E-state index contributed by atoms with van der Waals surface area (Å²) in [6.07, 6.45) is 21.6. The van der Waals surface area contributed by atoms with E-state index >= 15 is 0 Å². The SMILES string of the molecule is C=CCCC1CCC(C2CCC(c3ccc(-c4cc(CCCC(=C)CO)cc(CCCC(=C)CO)c4)cc3)CC2)CC1. The second-order valence-electron chi connectivity index (χ2n) is 13.4. The summed E-state index contributed by atoms with van der Waals surface area (Å²) in [5, 5.41) is 18.7.